The van der Waals surface area contributed by atoms with Gasteiger partial charge in [0.25, 0.3) is 0 Å². The predicted molar refractivity (Wildman–Crippen MR) is 139 cm³/mol. The van der Waals surface area contributed by atoms with Crippen LogP contribution >= 0.6 is 0 Å². The molecule has 0 amide bonds. The summed E-state index contributed by atoms with van der Waals surface area (Å²) in [7, 11) is 0. The van der Waals surface area contributed by atoms with E-state index in [0.29, 0.717) is 29.5 Å². The van der Waals surface area contributed by atoms with E-state index in [1.54, 1.807) is 0 Å². The number of hydrogen-bond acceptors (Lipinski definition) is 2. The van der Waals surface area contributed by atoms with Crippen LogP contribution in [0.5, 0.6) is 0 Å². The van der Waals surface area contributed by atoms with E-state index in [4.69, 9.17) is 6.42 Å². The van der Waals surface area contributed by atoms with E-state index >= 15 is 0 Å². The van der Waals surface area contributed by atoms with Gasteiger partial charge in [-0.05, 0) is 98.4 Å². The van der Waals surface area contributed by atoms with Gasteiger partial charge in [0.2, 0.25) is 0 Å². The maximum absolute atomic E-state index is 14.5. The number of terminal acetylenes is 1. The summed E-state index contributed by atoms with van der Waals surface area (Å²) in [4.78, 5) is 25.7. The minimum Gasteiger partial charge on any atom is -0.481 e. The molecule has 0 heterocycles. The fraction of sp³-hybridized carbons (Fsp3) is 0.806. The number of carbonyl (C=O) groups excluding carboxylic acids is 1. The first-order valence-corrected chi connectivity index (χ1v) is 13.7. The van der Waals surface area contributed by atoms with Gasteiger partial charge in [0.1, 0.15) is 0 Å². The molecule has 0 radical (unpaired) electrons. The Morgan fingerprint density at radius 3 is 2.44 bits per heavy atom. The molecule has 0 saturated heterocycles. The summed E-state index contributed by atoms with van der Waals surface area (Å²) < 4.78 is 0. The van der Waals surface area contributed by atoms with Gasteiger partial charge < -0.3 is 5.11 Å². The largest absolute Gasteiger partial charge is 0.481 e. The van der Waals surface area contributed by atoms with E-state index in [-0.39, 0.29) is 28.1 Å². The summed E-state index contributed by atoms with van der Waals surface area (Å²) in [5, 5.41) is 9.24. The Morgan fingerprint density at radius 1 is 1.21 bits per heavy atom. The zero-order chi connectivity index (χ0) is 25.5. The van der Waals surface area contributed by atoms with Gasteiger partial charge in [0.05, 0.1) is 0 Å². The molecule has 0 aromatic rings. The fourth-order valence-electron chi connectivity index (χ4n) is 9.67. The second-order valence-electron chi connectivity index (χ2n) is 12.7. The highest BCUT2D eigenvalue weighted by Crippen LogP contribution is 2.74. The lowest BCUT2D eigenvalue weighted by Gasteiger charge is -2.67. The summed E-state index contributed by atoms with van der Waals surface area (Å²) in [5.74, 6) is 4.10. The molecule has 3 heteroatoms. The zero-order valence-corrected chi connectivity index (χ0v) is 22.8. The first-order valence-electron chi connectivity index (χ1n) is 13.7. The number of carbonyl (C=O) groups is 2. The van der Waals surface area contributed by atoms with Gasteiger partial charge in [0.15, 0.2) is 5.78 Å². The summed E-state index contributed by atoms with van der Waals surface area (Å²) in [5.41, 5.74) is 0.659. The average Bonchev–Trinajstić information content (AvgIpc) is 3.15. The third-order valence-electron chi connectivity index (χ3n) is 11.7. The molecule has 3 nitrogen and oxygen atoms in total. The van der Waals surface area contributed by atoms with Crippen LogP contribution in [0.1, 0.15) is 113 Å². The van der Waals surface area contributed by atoms with E-state index < -0.39 is 5.97 Å². The Hall–Kier alpha value is -1.56. The van der Waals surface area contributed by atoms with E-state index in [0.717, 1.165) is 63.4 Å². The summed E-state index contributed by atoms with van der Waals surface area (Å²) in [6.45, 7) is 16.1. The maximum Gasteiger partial charge on any atom is 0.303 e. The summed E-state index contributed by atoms with van der Waals surface area (Å²) in [6.07, 6.45) is 17.0. The Morgan fingerprint density at radius 2 is 1.88 bits per heavy atom. The molecule has 1 N–H and O–H groups in total. The highest BCUT2D eigenvalue weighted by molar-refractivity contribution is 6.02. The van der Waals surface area contributed by atoms with E-state index in [9.17, 15) is 14.7 Å². The van der Waals surface area contributed by atoms with Crippen LogP contribution in [0.15, 0.2) is 11.6 Å². The molecular weight excluding hydrogens is 420 g/mol. The minimum atomic E-state index is -0.705. The first-order chi connectivity index (χ1) is 15.9. The standard InChI is InChI=1S/C31H48O3/c1-9-12-13-19-30(7)25-18-20-28(5)23(21(4)14-17-26(32)33)15-16-24(28)31(25,8)27(34)22(10-2)29(30,6)11-3/h1,10,21,23-25H,11-20H2,2-8H3,(H,32,33)/b22-10-/t21?,23?,24?,25?,28-,29+,30-,31+/m1/s1. The lowest BCUT2D eigenvalue weighted by molar-refractivity contribution is -0.179. The molecule has 3 saturated carbocycles. The molecule has 4 unspecified atom stereocenters. The van der Waals surface area contributed by atoms with E-state index in [2.05, 4.69) is 60.5 Å². The van der Waals surface area contributed by atoms with Crippen LogP contribution in [-0.4, -0.2) is 16.9 Å². The highest BCUT2D eigenvalue weighted by atomic mass is 16.4. The molecule has 3 aliphatic rings. The Balaban J connectivity index is 2.07. The number of unbranched alkanes of at least 4 members (excludes halogenated alkanes) is 1. The monoisotopic (exact) mass is 468 g/mol. The summed E-state index contributed by atoms with van der Waals surface area (Å²) >= 11 is 0. The van der Waals surface area contributed by atoms with Crippen LogP contribution in [0.4, 0.5) is 0 Å². The molecule has 3 aliphatic carbocycles. The van der Waals surface area contributed by atoms with E-state index in [1.807, 2.05) is 0 Å². The number of rotatable bonds is 8. The van der Waals surface area contributed by atoms with Crippen LogP contribution in [0.3, 0.4) is 0 Å². The van der Waals surface area contributed by atoms with Crippen LogP contribution in [0.2, 0.25) is 0 Å². The number of aliphatic carboxylic acids is 1. The predicted octanol–water partition coefficient (Wildman–Crippen LogP) is 7.69. The van der Waals surface area contributed by atoms with Gasteiger partial charge in [-0.2, -0.15) is 0 Å². The molecule has 3 fully saturated rings. The number of Topliss-reactive ketones (excluding diaryl/α,β-unsaturated/α-hetero) is 1. The van der Waals surface area contributed by atoms with Crippen molar-refractivity contribution in [2.24, 2.45) is 45.3 Å². The van der Waals surface area contributed by atoms with Gasteiger partial charge >= 0.3 is 5.97 Å². The summed E-state index contributed by atoms with van der Waals surface area (Å²) in [6, 6.07) is 0. The minimum absolute atomic E-state index is 0.0252. The molecule has 0 spiro atoms. The second kappa shape index (κ2) is 9.48. The number of allylic oxidation sites excluding steroid dienone is 2. The van der Waals surface area contributed by atoms with Crippen molar-refractivity contribution in [3.63, 3.8) is 0 Å². The number of hydrogen-bond donors (Lipinski definition) is 1. The third-order valence-corrected chi connectivity index (χ3v) is 11.7. The molecule has 3 rings (SSSR count). The molecule has 0 aliphatic heterocycles. The quantitative estimate of drug-likeness (QED) is 0.226. The van der Waals surface area contributed by atoms with Gasteiger partial charge in [0, 0.05) is 23.7 Å². The van der Waals surface area contributed by atoms with Crippen molar-refractivity contribution in [3.05, 3.63) is 11.6 Å². The van der Waals surface area contributed by atoms with Gasteiger partial charge in [-0.1, -0.05) is 47.6 Å². The third kappa shape index (κ3) is 3.70. The number of carboxylic acid groups (broad SMARTS) is 1. The maximum atomic E-state index is 14.5. The SMILES string of the molecule is C#CCCC[C@]1(C)C2CC[C@]3(C)C(C(C)CCC(=O)O)CCC3[C@]2(C)C(=O)/C(=C/C)[C@]1(C)CC. The average molecular weight is 469 g/mol. The van der Waals surface area contributed by atoms with Crippen molar-refractivity contribution in [1.29, 1.82) is 0 Å². The molecule has 8 atom stereocenters. The molecular formula is C31H48O3. The van der Waals surface area contributed by atoms with Crippen LogP contribution in [0, 0.1) is 57.7 Å². The number of fused-ring (bicyclic) bond motifs is 3. The van der Waals surface area contributed by atoms with Gasteiger partial charge in [-0.3, -0.25) is 9.59 Å². The smallest absolute Gasteiger partial charge is 0.303 e. The van der Waals surface area contributed by atoms with Crippen molar-refractivity contribution < 1.29 is 14.7 Å². The lowest BCUT2D eigenvalue weighted by Crippen LogP contribution is -2.65. The van der Waals surface area contributed by atoms with Crippen LogP contribution in [-0.2, 0) is 9.59 Å². The first kappa shape index (κ1) is 27.0. The Labute approximate surface area is 208 Å². The van der Waals surface area contributed by atoms with E-state index in [1.165, 1.54) is 0 Å². The van der Waals surface area contributed by atoms with Crippen LogP contribution in [0.25, 0.3) is 0 Å². The van der Waals surface area contributed by atoms with Crippen molar-refractivity contribution >= 4 is 11.8 Å². The normalized spacial score (nSPS) is 43.8. The van der Waals surface area contributed by atoms with Gasteiger partial charge in [-0.15, -0.1) is 12.3 Å². The Bertz CT molecular complexity index is 880. The van der Waals surface area contributed by atoms with Gasteiger partial charge in [-0.25, -0.2) is 0 Å². The molecule has 0 aromatic heterocycles. The molecule has 0 bridgehead atoms. The molecule has 0 aromatic carbocycles. The molecule has 190 valence electrons. The van der Waals surface area contributed by atoms with Crippen molar-refractivity contribution in [2.45, 2.75) is 113 Å². The lowest BCUT2D eigenvalue weighted by atomic mass is 9.35. The van der Waals surface area contributed by atoms with Crippen molar-refractivity contribution in [2.75, 3.05) is 0 Å². The topological polar surface area (TPSA) is 54.4 Å². The Kier molecular flexibility index (Phi) is 7.54. The number of ketones is 1. The number of carboxylic acids is 1. The second-order valence-corrected chi connectivity index (χ2v) is 12.7. The van der Waals surface area contributed by atoms with Crippen molar-refractivity contribution in [1.82, 2.24) is 0 Å². The fourth-order valence-corrected chi connectivity index (χ4v) is 9.67. The molecule has 34 heavy (non-hydrogen) atoms. The van der Waals surface area contributed by atoms with Crippen molar-refractivity contribution in [3.8, 4) is 12.3 Å². The highest BCUT2D eigenvalue weighted by Gasteiger charge is 2.71. The zero-order valence-electron chi connectivity index (χ0n) is 22.8. The van der Waals surface area contributed by atoms with Crippen LogP contribution < -0.4 is 0 Å².